The van der Waals surface area contributed by atoms with Crippen molar-refractivity contribution in [2.75, 3.05) is 20.3 Å². The first-order chi connectivity index (χ1) is 9.79. The van der Waals surface area contributed by atoms with Gasteiger partial charge in [0.1, 0.15) is 19.0 Å². The zero-order valence-corrected chi connectivity index (χ0v) is 11.4. The Hall–Kier alpha value is -2.20. The number of phenols is 1. The predicted molar refractivity (Wildman–Crippen MR) is 76.3 cm³/mol. The molecule has 0 unspecified atom stereocenters. The Morgan fingerprint density at radius 2 is 1.70 bits per heavy atom. The van der Waals surface area contributed by atoms with Gasteiger partial charge in [0.25, 0.3) is 0 Å². The minimum atomic E-state index is 0.146. The van der Waals surface area contributed by atoms with E-state index in [1.54, 1.807) is 25.3 Å². The Bertz CT molecular complexity index is 525. The SMILES string of the molecule is COCCOc1ccc(O)cc1OCc1ccccc1. The van der Waals surface area contributed by atoms with Crippen LogP contribution in [0.15, 0.2) is 48.5 Å². The van der Waals surface area contributed by atoms with Gasteiger partial charge >= 0.3 is 0 Å². The monoisotopic (exact) mass is 274 g/mol. The average Bonchev–Trinajstić information content (AvgIpc) is 2.48. The number of aromatic hydroxyl groups is 1. The fourth-order valence-electron chi connectivity index (χ4n) is 1.70. The van der Waals surface area contributed by atoms with Crippen molar-refractivity contribution in [2.45, 2.75) is 6.61 Å². The van der Waals surface area contributed by atoms with Crippen LogP contribution in [-0.4, -0.2) is 25.4 Å². The van der Waals surface area contributed by atoms with Gasteiger partial charge in [-0.25, -0.2) is 0 Å². The fourth-order valence-corrected chi connectivity index (χ4v) is 1.70. The molecule has 0 heterocycles. The van der Waals surface area contributed by atoms with E-state index in [9.17, 15) is 5.11 Å². The molecule has 0 aliphatic carbocycles. The summed E-state index contributed by atoms with van der Waals surface area (Å²) in [5.74, 6) is 1.26. The van der Waals surface area contributed by atoms with Gasteiger partial charge in [0.05, 0.1) is 6.61 Å². The van der Waals surface area contributed by atoms with Gasteiger partial charge in [-0.1, -0.05) is 30.3 Å². The van der Waals surface area contributed by atoms with Crippen LogP contribution in [0, 0.1) is 0 Å². The molecular weight excluding hydrogens is 256 g/mol. The van der Waals surface area contributed by atoms with Crippen LogP contribution in [0.4, 0.5) is 0 Å². The van der Waals surface area contributed by atoms with Gasteiger partial charge in [0, 0.05) is 13.2 Å². The number of ether oxygens (including phenoxy) is 3. The van der Waals surface area contributed by atoms with Crippen LogP contribution >= 0.6 is 0 Å². The minimum Gasteiger partial charge on any atom is -0.508 e. The molecule has 4 nitrogen and oxygen atoms in total. The summed E-state index contributed by atoms with van der Waals surface area (Å²) in [6.45, 7) is 1.35. The number of rotatable bonds is 7. The van der Waals surface area contributed by atoms with Gasteiger partial charge in [-0.3, -0.25) is 0 Å². The van der Waals surface area contributed by atoms with Gasteiger partial charge in [0.15, 0.2) is 11.5 Å². The second kappa shape index (κ2) is 7.40. The molecule has 2 aromatic carbocycles. The van der Waals surface area contributed by atoms with Crippen molar-refractivity contribution in [2.24, 2.45) is 0 Å². The standard InChI is InChI=1S/C16H18O4/c1-18-9-10-19-15-8-7-14(17)11-16(15)20-12-13-5-3-2-4-6-13/h2-8,11,17H,9-10,12H2,1H3. The summed E-state index contributed by atoms with van der Waals surface area (Å²) < 4.78 is 16.2. The molecule has 106 valence electrons. The molecule has 0 aromatic heterocycles. The number of hydrogen-bond donors (Lipinski definition) is 1. The first-order valence-corrected chi connectivity index (χ1v) is 6.41. The van der Waals surface area contributed by atoms with Gasteiger partial charge in [-0.2, -0.15) is 0 Å². The average molecular weight is 274 g/mol. The quantitative estimate of drug-likeness (QED) is 0.788. The molecule has 4 heteroatoms. The van der Waals surface area contributed by atoms with Crippen molar-refractivity contribution in [1.82, 2.24) is 0 Å². The summed E-state index contributed by atoms with van der Waals surface area (Å²) in [7, 11) is 1.62. The third-order valence-electron chi connectivity index (χ3n) is 2.71. The summed E-state index contributed by atoms with van der Waals surface area (Å²) in [5.41, 5.74) is 1.05. The molecule has 2 rings (SSSR count). The molecule has 0 aliphatic heterocycles. The Kier molecular flexibility index (Phi) is 5.26. The molecule has 0 radical (unpaired) electrons. The van der Waals surface area contributed by atoms with E-state index in [0.717, 1.165) is 5.56 Å². The number of phenolic OH excluding ortho intramolecular Hbond substituents is 1. The molecule has 0 amide bonds. The van der Waals surface area contributed by atoms with Crippen LogP contribution in [0.3, 0.4) is 0 Å². The Labute approximate surface area is 118 Å². The lowest BCUT2D eigenvalue weighted by Gasteiger charge is -2.13. The highest BCUT2D eigenvalue weighted by molar-refractivity contribution is 5.45. The van der Waals surface area contributed by atoms with Crippen LogP contribution in [0.2, 0.25) is 0 Å². The number of hydrogen-bond acceptors (Lipinski definition) is 4. The summed E-state index contributed by atoms with van der Waals surface area (Å²) in [6, 6.07) is 14.6. The van der Waals surface area contributed by atoms with E-state index in [2.05, 4.69) is 0 Å². The van der Waals surface area contributed by atoms with E-state index < -0.39 is 0 Å². The first kappa shape index (κ1) is 14.2. The third-order valence-corrected chi connectivity index (χ3v) is 2.71. The summed E-state index contributed by atoms with van der Waals surface area (Å²) in [6.07, 6.45) is 0. The van der Waals surface area contributed by atoms with Gasteiger partial charge in [-0.05, 0) is 17.7 Å². The second-order valence-corrected chi connectivity index (χ2v) is 4.25. The number of methoxy groups -OCH3 is 1. The van der Waals surface area contributed by atoms with Crippen molar-refractivity contribution in [1.29, 1.82) is 0 Å². The van der Waals surface area contributed by atoms with Crippen LogP contribution in [0.5, 0.6) is 17.2 Å². The lowest BCUT2D eigenvalue weighted by atomic mass is 10.2. The normalized spacial score (nSPS) is 10.2. The van der Waals surface area contributed by atoms with Crippen molar-refractivity contribution >= 4 is 0 Å². The first-order valence-electron chi connectivity index (χ1n) is 6.41. The Morgan fingerprint density at radius 1 is 0.900 bits per heavy atom. The maximum Gasteiger partial charge on any atom is 0.165 e. The van der Waals surface area contributed by atoms with Gasteiger partial charge < -0.3 is 19.3 Å². The molecule has 0 fully saturated rings. The largest absolute Gasteiger partial charge is 0.508 e. The molecule has 20 heavy (non-hydrogen) atoms. The molecule has 0 aliphatic rings. The predicted octanol–water partition coefficient (Wildman–Crippen LogP) is 3.00. The zero-order chi connectivity index (χ0) is 14.2. The van der Waals surface area contributed by atoms with Gasteiger partial charge in [0.2, 0.25) is 0 Å². The molecule has 0 saturated heterocycles. The highest BCUT2D eigenvalue weighted by Gasteiger charge is 2.07. The van der Waals surface area contributed by atoms with Crippen molar-refractivity contribution in [3.05, 3.63) is 54.1 Å². The maximum absolute atomic E-state index is 9.55. The van der Waals surface area contributed by atoms with Crippen LogP contribution in [-0.2, 0) is 11.3 Å². The summed E-state index contributed by atoms with van der Waals surface area (Å²) >= 11 is 0. The van der Waals surface area contributed by atoms with Crippen LogP contribution in [0.1, 0.15) is 5.56 Å². The molecule has 0 bridgehead atoms. The van der Waals surface area contributed by atoms with E-state index >= 15 is 0 Å². The molecule has 2 aromatic rings. The molecule has 0 atom stereocenters. The smallest absolute Gasteiger partial charge is 0.165 e. The lowest BCUT2D eigenvalue weighted by Crippen LogP contribution is -2.06. The minimum absolute atomic E-state index is 0.146. The molecule has 0 saturated carbocycles. The van der Waals surface area contributed by atoms with E-state index in [-0.39, 0.29) is 5.75 Å². The number of benzene rings is 2. The van der Waals surface area contributed by atoms with E-state index in [4.69, 9.17) is 14.2 Å². The molecule has 0 spiro atoms. The van der Waals surface area contributed by atoms with Crippen LogP contribution < -0.4 is 9.47 Å². The lowest BCUT2D eigenvalue weighted by molar-refractivity contribution is 0.143. The zero-order valence-electron chi connectivity index (χ0n) is 11.4. The van der Waals surface area contributed by atoms with E-state index in [1.165, 1.54) is 0 Å². The van der Waals surface area contributed by atoms with Crippen LogP contribution in [0.25, 0.3) is 0 Å². The fraction of sp³-hybridized carbons (Fsp3) is 0.250. The van der Waals surface area contributed by atoms with Crippen molar-refractivity contribution in [3.8, 4) is 17.2 Å². The summed E-state index contributed by atoms with van der Waals surface area (Å²) in [4.78, 5) is 0. The van der Waals surface area contributed by atoms with Crippen molar-refractivity contribution in [3.63, 3.8) is 0 Å². The van der Waals surface area contributed by atoms with Gasteiger partial charge in [-0.15, -0.1) is 0 Å². The second-order valence-electron chi connectivity index (χ2n) is 4.25. The molecule has 1 N–H and O–H groups in total. The Balaban J connectivity index is 2.03. The summed E-state index contributed by atoms with van der Waals surface area (Å²) in [5, 5.41) is 9.55. The van der Waals surface area contributed by atoms with Crippen molar-refractivity contribution < 1.29 is 19.3 Å². The van der Waals surface area contributed by atoms with E-state index in [0.29, 0.717) is 31.3 Å². The van der Waals surface area contributed by atoms with E-state index in [1.807, 2.05) is 30.3 Å². The Morgan fingerprint density at radius 3 is 2.45 bits per heavy atom. The third kappa shape index (κ3) is 4.17. The molecular formula is C16H18O4. The topological polar surface area (TPSA) is 47.9 Å². The maximum atomic E-state index is 9.55. The highest BCUT2D eigenvalue weighted by Crippen LogP contribution is 2.31. The highest BCUT2D eigenvalue weighted by atomic mass is 16.5.